The number of likely N-dealkylation sites (tertiary alicyclic amines) is 1. The third-order valence-corrected chi connectivity index (χ3v) is 3.09. The molecular formula is C12H26N2O. The van der Waals surface area contributed by atoms with E-state index in [9.17, 15) is 5.11 Å². The highest BCUT2D eigenvalue weighted by Gasteiger charge is 2.26. The molecule has 1 heterocycles. The van der Waals surface area contributed by atoms with E-state index in [2.05, 4.69) is 23.9 Å². The van der Waals surface area contributed by atoms with Crippen LogP contribution in [-0.4, -0.2) is 60.3 Å². The van der Waals surface area contributed by atoms with E-state index in [0.717, 1.165) is 19.5 Å². The van der Waals surface area contributed by atoms with Crippen molar-refractivity contribution in [3.8, 4) is 0 Å². The monoisotopic (exact) mass is 214 g/mol. The first-order valence-electron chi connectivity index (χ1n) is 5.99. The fourth-order valence-electron chi connectivity index (χ4n) is 2.23. The quantitative estimate of drug-likeness (QED) is 0.744. The normalized spacial score (nSPS) is 24.0. The summed E-state index contributed by atoms with van der Waals surface area (Å²) >= 11 is 0. The summed E-state index contributed by atoms with van der Waals surface area (Å²) in [5.74, 6) is 0. The summed E-state index contributed by atoms with van der Waals surface area (Å²) in [7, 11) is 4.26. The Morgan fingerprint density at radius 2 is 2.07 bits per heavy atom. The summed E-state index contributed by atoms with van der Waals surface area (Å²) in [5, 5.41) is 9.71. The molecule has 90 valence electrons. The second kappa shape index (κ2) is 5.28. The highest BCUT2D eigenvalue weighted by molar-refractivity contribution is 4.82. The van der Waals surface area contributed by atoms with Crippen LogP contribution in [0.4, 0.5) is 0 Å². The molecule has 3 nitrogen and oxygen atoms in total. The average Bonchev–Trinajstić information content (AvgIpc) is 2.46. The maximum absolute atomic E-state index is 9.71. The number of aliphatic hydroxyl groups is 1. The standard InChI is InChI=1S/C12H26N2O/c1-12(2,15)7-9-14-8-5-6-11(14)10-13(3)4/h11,15H,5-10H2,1-4H3. The summed E-state index contributed by atoms with van der Waals surface area (Å²) in [6.07, 6.45) is 3.49. The summed E-state index contributed by atoms with van der Waals surface area (Å²) in [4.78, 5) is 4.78. The van der Waals surface area contributed by atoms with Crippen molar-refractivity contribution in [1.29, 1.82) is 0 Å². The predicted molar refractivity (Wildman–Crippen MR) is 64.1 cm³/mol. The van der Waals surface area contributed by atoms with Crippen LogP contribution in [-0.2, 0) is 0 Å². The van der Waals surface area contributed by atoms with Crippen LogP contribution < -0.4 is 0 Å². The van der Waals surface area contributed by atoms with Gasteiger partial charge in [0.05, 0.1) is 5.60 Å². The van der Waals surface area contributed by atoms with E-state index in [1.807, 2.05) is 13.8 Å². The maximum atomic E-state index is 9.71. The highest BCUT2D eigenvalue weighted by atomic mass is 16.3. The number of hydrogen-bond acceptors (Lipinski definition) is 3. The van der Waals surface area contributed by atoms with Crippen LogP contribution >= 0.6 is 0 Å². The number of rotatable bonds is 5. The van der Waals surface area contributed by atoms with Crippen molar-refractivity contribution in [2.75, 3.05) is 33.7 Å². The molecule has 0 aliphatic carbocycles. The molecular weight excluding hydrogens is 188 g/mol. The van der Waals surface area contributed by atoms with Gasteiger partial charge in [-0.3, -0.25) is 4.90 Å². The van der Waals surface area contributed by atoms with E-state index in [1.54, 1.807) is 0 Å². The van der Waals surface area contributed by atoms with E-state index in [1.165, 1.54) is 19.4 Å². The van der Waals surface area contributed by atoms with Crippen LogP contribution in [0.15, 0.2) is 0 Å². The molecule has 1 N–H and O–H groups in total. The third-order valence-electron chi connectivity index (χ3n) is 3.09. The molecule has 0 amide bonds. The lowest BCUT2D eigenvalue weighted by Crippen LogP contribution is -2.39. The molecule has 0 aromatic rings. The molecule has 15 heavy (non-hydrogen) atoms. The molecule has 1 unspecified atom stereocenters. The molecule has 0 aromatic carbocycles. The van der Waals surface area contributed by atoms with Crippen molar-refractivity contribution in [1.82, 2.24) is 9.80 Å². The Hall–Kier alpha value is -0.120. The Labute approximate surface area is 94.1 Å². The van der Waals surface area contributed by atoms with Gasteiger partial charge in [0.15, 0.2) is 0 Å². The summed E-state index contributed by atoms with van der Waals surface area (Å²) in [5.41, 5.74) is -0.523. The lowest BCUT2D eigenvalue weighted by atomic mass is 10.1. The number of hydrogen-bond donors (Lipinski definition) is 1. The van der Waals surface area contributed by atoms with Gasteiger partial charge in [-0.2, -0.15) is 0 Å². The Kier molecular flexibility index (Phi) is 4.56. The molecule has 0 aromatic heterocycles. The second-order valence-electron chi connectivity index (χ2n) is 5.66. The third kappa shape index (κ3) is 4.96. The SMILES string of the molecule is CN(C)CC1CCCN1CCC(C)(C)O. The largest absolute Gasteiger partial charge is 0.390 e. The van der Waals surface area contributed by atoms with Crippen LogP contribution in [0.25, 0.3) is 0 Å². The van der Waals surface area contributed by atoms with Crippen LogP contribution in [0.1, 0.15) is 33.1 Å². The molecule has 1 saturated heterocycles. The van der Waals surface area contributed by atoms with Gasteiger partial charge in [-0.05, 0) is 53.8 Å². The van der Waals surface area contributed by atoms with Crippen LogP contribution in [0.2, 0.25) is 0 Å². The van der Waals surface area contributed by atoms with Crippen LogP contribution in [0, 0.1) is 0 Å². The minimum absolute atomic E-state index is 0.523. The van der Waals surface area contributed by atoms with E-state index in [4.69, 9.17) is 0 Å². The lowest BCUT2D eigenvalue weighted by molar-refractivity contribution is 0.0543. The summed E-state index contributed by atoms with van der Waals surface area (Å²) in [6.45, 7) is 7.16. The number of likely N-dealkylation sites (N-methyl/N-ethyl adjacent to an activating group) is 1. The highest BCUT2D eigenvalue weighted by Crippen LogP contribution is 2.19. The van der Waals surface area contributed by atoms with Crippen LogP contribution in [0.5, 0.6) is 0 Å². The van der Waals surface area contributed by atoms with Gasteiger partial charge in [0.1, 0.15) is 0 Å². The zero-order valence-corrected chi connectivity index (χ0v) is 10.7. The first-order valence-corrected chi connectivity index (χ1v) is 5.99. The molecule has 1 aliphatic heterocycles. The van der Waals surface area contributed by atoms with Crippen molar-refractivity contribution in [2.24, 2.45) is 0 Å². The van der Waals surface area contributed by atoms with Gasteiger partial charge in [0, 0.05) is 19.1 Å². The molecule has 1 rings (SSSR count). The average molecular weight is 214 g/mol. The van der Waals surface area contributed by atoms with Gasteiger partial charge < -0.3 is 10.0 Å². The lowest BCUT2D eigenvalue weighted by Gasteiger charge is -2.29. The first-order chi connectivity index (χ1) is 6.88. The molecule has 1 fully saturated rings. The Morgan fingerprint density at radius 1 is 1.40 bits per heavy atom. The molecule has 0 bridgehead atoms. The maximum Gasteiger partial charge on any atom is 0.0603 e. The molecule has 0 saturated carbocycles. The minimum atomic E-state index is -0.523. The Bertz CT molecular complexity index is 187. The Balaban J connectivity index is 2.33. The van der Waals surface area contributed by atoms with E-state index in [-0.39, 0.29) is 0 Å². The minimum Gasteiger partial charge on any atom is -0.390 e. The smallest absolute Gasteiger partial charge is 0.0603 e. The molecule has 3 heteroatoms. The fraction of sp³-hybridized carbons (Fsp3) is 1.00. The van der Waals surface area contributed by atoms with Gasteiger partial charge in [-0.25, -0.2) is 0 Å². The zero-order valence-electron chi connectivity index (χ0n) is 10.7. The van der Waals surface area contributed by atoms with E-state index < -0.39 is 5.60 Å². The zero-order chi connectivity index (χ0) is 11.5. The fourth-order valence-corrected chi connectivity index (χ4v) is 2.23. The van der Waals surface area contributed by atoms with Crippen molar-refractivity contribution in [3.63, 3.8) is 0 Å². The predicted octanol–water partition coefficient (Wildman–Crippen LogP) is 1.17. The molecule has 1 aliphatic rings. The van der Waals surface area contributed by atoms with Gasteiger partial charge in [-0.1, -0.05) is 0 Å². The van der Waals surface area contributed by atoms with Crippen molar-refractivity contribution >= 4 is 0 Å². The Morgan fingerprint density at radius 3 is 2.60 bits per heavy atom. The van der Waals surface area contributed by atoms with Crippen LogP contribution in [0.3, 0.4) is 0 Å². The first kappa shape index (κ1) is 12.9. The van der Waals surface area contributed by atoms with Gasteiger partial charge in [-0.15, -0.1) is 0 Å². The molecule has 1 atom stereocenters. The van der Waals surface area contributed by atoms with E-state index >= 15 is 0 Å². The summed E-state index contributed by atoms with van der Waals surface area (Å²) in [6, 6.07) is 0.697. The van der Waals surface area contributed by atoms with E-state index in [0.29, 0.717) is 6.04 Å². The second-order valence-corrected chi connectivity index (χ2v) is 5.66. The van der Waals surface area contributed by atoms with Crippen molar-refractivity contribution in [3.05, 3.63) is 0 Å². The van der Waals surface area contributed by atoms with Crippen molar-refractivity contribution < 1.29 is 5.11 Å². The van der Waals surface area contributed by atoms with Crippen molar-refractivity contribution in [2.45, 2.75) is 44.8 Å². The van der Waals surface area contributed by atoms with Gasteiger partial charge in [0.2, 0.25) is 0 Å². The molecule has 0 spiro atoms. The summed E-state index contributed by atoms with van der Waals surface area (Å²) < 4.78 is 0. The van der Waals surface area contributed by atoms with Gasteiger partial charge >= 0.3 is 0 Å². The number of nitrogens with zero attached hydrogens (tertiary/aromatic N) is 2. The van der Waals surface area contributed by atoms with Gasteiger partial charge in [0.25, 0.3) is 0 Å². The molecule has 0 radical (unpaired) electrons. The topological polar surface area (TPSA) is 26.7 Å².